The lowest BCUT2D eigenvalue weighted by Gasteiger charge is -2.42. The van der Waals surface area contributed by atoms with E-state index < -0.39 is 0 Å². The molecule has 1 heterocycles. The van der Waals surface area contributed by atoms with Gasteiger partial charge in [0.05, 0.1) is 0 Å². The maximum Gasteiger partial charge on any atom is 0.255 e. The number of hydrogen-bond acceptors (Lipinski definition) is 2. The van der Waals surface area contributed by atoms with Gasteiger partial charge in [0.15, 0.2) is 0 Å². The zero-order chi connectivity index (χ0) is 15.5. The fourth-order valence-electron chi connectivity index (χ4n) is 2.85. The van der Waals surface area contributed by atoms with Crippen molar-refractivity contribution in [3.05, 3.63) is 71.8 Å². The molecule has 1 aliphatic heterocycles. The zero-order valence-corrected chi connectivity index (χ0v) is 12.5. The number of amides is 2. The minimum Gasteiger partial charge on any atom is -0.321 e. The third kappa shape index (κ3) is 2.60. The fourth-order valence-corrected chi connectivity index (χ4v) is 2.85. The van der Waals surface area contributed by atoms with Crippen LogP contribution < -0.4 is 0 Å². The largest absolute Gasteiger partial charge is 0.321 e. The Morgan fingerprint density at radius 1 is 1.00 bits per heavy atom. The molecule has 0 aromatic heterocycles. The Morgan fingerprint density at radius 2 is 1.59 bits per heavy atom. The summed E-state index contributed by atoms with van der Waals surface area (Å²) in [6, 6.07) is 18.9. The Kier molecular flexibility index (Phi) is 3.92. The van der Waals surface area contributed by atoms with Crippen LogP contribution in [0, 0.1) is 0 Å². The second kappa shape index (κ2) is 6.02. The maximum absolute atomic E-state index is 12.8. The summed E-state index contributed by atoms with van der Waals surface area (Å²) in [6.07, 6.45) is 0.00782. The Labute approximate surface area is 130 Å². The highest BCUT2D eigenvalue weighted by atomic mass is 16.2. The minimum absolute atomic E-state index is 0.0474. The molecule has 0 bridgehead atoms. The first kappa shape index (κ1) is 14.3. The van der Waals surface area contributed by atoms with Crippen LogP contribution >= 0.6 is 0 Å². The van der Waals surface area contributed by atoms with E-state index in [2.05, 4.69) is 0 Å². The second-order valence-electron chi connectivity index (χ2n) is 5.40. The lowest BCUT2D eigenvalue weighted by molar-refractivity contribution is -0.140. The molecule has 1 aliphatic rings. The smallest absolute Gasteiger partial charge is 0.255 e. The van der Waals surface area contributed by atoms with Crippen LogP contribution in [0.1, 0.15) is 28.5 Å². The van der Waals surface area contributed by atoms with Crippen LogP contribution in [0.3, 0.4) is 0 Å². The molecule has 2 amide bonds. The van der Waals surface area contributed by atoms with Crippen molar-refractivity contribution in [2.24, 2.45) is 0 Å². The summed E-state index contributed by atoms with van der Waals surface area (Å²) in [6.45, 7) is 0.441. The van der Waals surface area contributed by atoms with Crippen molar-refractivity contribution in [1.29, 1.82) is 0 Å². The number of carbonyl (C=O) groups excluding carboxylic acids is 2. The topological polar surface area (TPSA) is 40.6 Å². The quantitative estimate of drug-likeness (QED) is 0.854. The maximum atomic E-state index is 12.8. The normalized spacial score (nSPS) is 18.4. The summed E-state index contributed by atoms with van der Waals surface area (Å²) in [5.41, 5.74) is 1.59. The van der Waals surface area contributed by atoms with Crippen LogP contribution in [0.25, 0.3) is 0 Å². The van der Waals surface area contributed by atoms with Gasteiger partial charge < -0.3 is 9.80 Å². The van der Waals surface area contributed by atoms with Crippen molar-refractivity contribution in [2.45, 2.75) is 12.6 Å². The molecule has 0 N–H and O–H groups in total. The van der Waals surface area contributed by atoms with E-state index in [0.29, 0.717) is 18.5 Å². The molecule has 112 valence electrons. The molecule has 1 fully saturated rings. The van der Waals surface area contributed by atoms with Gasteiger partial charge >= 0.3 is 0 Å². The van der Waals surface area contributed by atoms with Gasteiger partial charge in [0.2, 0.25) is 5.91 Å². The minimum atomic E-state index is -0.352. The van der Waals surface area contributed by atoms with Crippen molar-refractivity contribution in [3.63, 3.8) is 0 Å². The lowest BCUT2D eigenvalue weighted by atomic mass is 10.1. The Hall–Kier alpha value is -2.62. The van der Waals surface area contributed by atoms with Crippen LogP contribution in [-0.4, -0.2) is 35.2 Å². The number of hydrogen-bond donors (Lipinski definition) is 0. The monoisotopic (exact) mass is 294 g/mol. The van der Waals surface area contributed by atoms with Crippen LogP contribution in [0.4, 0.5) is 0 Å². The Balaban J connectivity index is 1.97. The molecule has 4 heteroatoms. The molecule has 2 aromatic rings. The SMILES string of the molecule is CN1C(=O)CCN(C(=O)c2ccccc2)C1c1ccccc1. The van der Waals surface area contributed by atoms with Gasteiger partial charge in [-0.05, 0) is 17.7 Å². The van der Waals surface area contributed by atoms with Crippen LogP contribution in [-0.2, 0) is 4.79 Å². The standard InChI is InChI=1S/C18H18N2O2/c1-19-16(21)12-13-20(17(19)14-8-4-2-5-9-14)18(22)15-10-6-3-7-11-15/h2-11,17H,12-13H2,1H3. The first-order valence-corrected chi connectivity index (χ1v) is 7.35. The van der Waals surface area contributed by atoms with E-state index in [1.165, 1.54) is 0 Å². The number of benzene rings is 2. The summed E-state index contributed by atoms with van der Waals surface area (Å²) in [5, 5.41) is 0. The molecule has 0 saturated carbocycles. The zero-order valence-electron chi connectivity index (χ0n) is 12.5. The molecular formula is C18H18N2O2. The van der Waals surface area contributed by atoms with Crippen molar-refractivity contribution in [1.82, 2.24) is 9.80 Å². The molecule has 0 aliphatic carbocycles. The van der Waals surface area contributed by atoms with E-state index in [1.54, 1.807) is 29.0 Å². The van der Waals surface area contributed by atoms with Crippen molar-refractivity contribution in [2.75, 3.05) is 13.6 Å². The molecule has 0 radical (unpaired) electrons. The third-order valence-electron chi connectivity index (χ3n) is 4.00. The third-order valence-corrected chi connectivity index (χ3v) is 4.00. The number of rotatable bonds is 2. The van der Waals surface area contributed by atoms with Crippen LogP contribution in [0.5, 0.6) is 0 Å². The van der Waals surface area contributed by atoms with Crippen LogP contribution in [0.2, 0.25) is 0 Å². The van der Waals surface area contributed by atoms with E-state index in [0.717, 1.165) is 5.56 Å². The van der Waals surface area contributed by atoms with Gasteiger partial charge in [-0.25, -0.2) is 0 Å². The number of carbonyl (C=O) groups is 2. The highest BCUT2D eigenvalue weighted by Crippen LogP contribution is 2.29. The van der Waals surface area contributed by atoms with Crippen molar-refractivity contribution < 1.29 is 9.59 Å². The Morgan fingerprint density at radius 3 is 2.23 bits per heavy atom. The molecule has 3 rings (SSSR count). The lowest BCUT2D eigenvalue weighted by Crippen LogP contribution is -2.51. The molecule has 22 heavy (non-hydrogen) atoms. The van der Waals surface area contributed by atoms with E-state index in [9.17, 15) is 9.59 Å². The second-order valence-corrected chi connectivity index (χ2v) is 5.40. The van der Waals surface area contributed by atoms with Gasteiger partial charge in [0.1, 0.15) is 6.17 Å². The molecular weight excluding hydrogens is 276 g/mol. The van der Waals surface area contributed by atoms with Gasteiger partial charge in [0.25, 0.3) is 5.91 Å². The molecule has 1 unspecified atom stereocenters. The van der Waals surface area contributed by atoms with Gasteiger partial charge in [-0.3, -0.25) is 9.59 Å². The van der Waals surface area contributed by atoms with E-state index in [4.69, 9.17) is 0 Å². The molecule has 0 spiro atoms. The van der Waals surface area contributed by atoms with Gasteiger partial charge in [-0.1, -0.05) is 48.5 Å². The summed E-state index contributed by atoms with van der Waals surface area (Å²) in [5.74, 6) is 0.0137. The predicted octanol–water partition coefficient (Wildman–Crippen LogP) is 2.69. The molecule has 1 atom stereocenters. The van der Waals surface area contributed by atoms with E-state index >= 15 is 0 Å². The Bertz CT molecular complexity index is 670. The average molecular weight is 294 g/mol. The average Bonchev–Trinajstić information content (AvgIpc) is 2.58. The molecule has 2 aromatic carbocycles. The summed E-state index contributed by atoms with van der Waals surface area (Å²) >= 11 is 0. The van der Waals surface area contributed by atoms with Crippen molar-refractivity contribution >= 4 is 11.8 Å². The van der Waals surface area contributed by atoms with Gasteiger partial charge in [-0.15, -0.1) is 0 Å². The first-order chi connectivity index (χ1) is 10.7. The summed E-state index contributed by atoms with van der Waals surface area (Å²) < 4.78 is 0. The highest BCUT2D eigenvalue weighted by molar-refractivity contribution is 5.95. The molecule has 4 nitrogen and oxygen atoms in total. The van der Waals surface area contributed by atoms with Crippen molar-refractivity contribution in [3.8, 4) is 0 Å². The van der Waals surface area contributed by atoms with E-state index in [-0.39, 0.29) is 18.0 Å². The molecule has 1 saturated heterocycles. The first-order valence-electron chi connectivity index (χ1n) is 7.35. The van der Waals surface area contributed by atoms with E-state index in [1.807, 2.05) is 48.5 Å². The summed E-state index contributed by atoms with van der Waals surface area (Å²) in [4.78, 5) is 28.3. The van der Waals surface area contributed by atoms with Gasteiger partial charge in [-0.2, -0.15) is 0 Å². The predicted molar refractivity (Wildman–Crippen MR) is 84.0 cm³/mol. The van der Waals surface area contributed by atoms with Crippen LogP contribution in [0.15, 0.2) is 60.7 Å². The fraction of sp³-hybridized carbons (Fsp3) is 0.222. The number of nitrogens with zero attached hydrogens (tertiary/aromatic N) is 2. The highest BCUT2D eigenvalue weighted by Gasteiger charge is 2.35. The van der Waals surface area contributed by atoms with Gasteiger partial charge in [0, 0.05) is 25.6 Å². The summed E-state index contributed by atoms with van der Waals surface area (Å²) in [7, 11) is 1.75.